The molecule has 0 fully saturated rings. The Bertz CT molecular complexity index is 684. The molecule has 0 aliphatic carbocycles. The first-order valence-corrected chi connectivity index (χ1v) is 7.23. The highest BCUT2D eigenvalue weighted by atomic mass is 16.1. The lowest BCUT2D eigenvalue weighted by molar-refractivity contribution is 0.100. The number of benzene rings is 1. The van der Waals surface area contributed by atoms with Crippen LogP contribution >= 0.6 is 0 Å². The molecule has 0 aliphatic rings. The van der Waals surface area contributed by atoms with Gasteiger partial charge >= 0.3 is 0 Å². The minimum Gasteiger partial charge on any atom is -0.366 e. The highest BCUT2D eigenvalue weighted by Gasteiger charge is 2.22. The number of carbonyl (C=O) groups is 1. The average Bonchev–Trinajstić information content (AvgIpc) is 2.61. The van der Waals surface area contributed by atoms with Crippen LogP contribution in [0.5, 0.6) is 0 Å². The summed E-state index contributed by atoms with van der Waals surface area (Å²) in [6.45, 7) is 12.6. The molecule has 0 bridgehead atoms. The van der Waals surface area contributed by atoms with E-state index < -0.39 is 5.91 Å². The van der Waals surface area contributed by atoms with E-state index in [1.54, 1.807) is 0 Å². The average molecular weight is 287 g/mol. The number of nitrogens with one attached hydrogen (secondary N) is 2. The molecule has 0 saturated carbocycles. The number of anilines is 1. The van der Waals surface area contributed by atoms with Crippen LogP contribution < -0.4 is 11.1 Å². The second-order valence-corrected chi connectivity index (χ2v) is 7.62. The molecule has 0 atom stereocenters. The monoisotopic (exact) mass is 287 g/mol. The lowest BCUT2D eigenvalue weighted by Gasteiger charge is -2.21. The summed E-state index contributed by atoms with van der Waals surface area (Å²) in [5.41, 5.74) is 8.15. The van der Waals surface area contributed by atoms with E-state index >= 15 is 0 Å². The first kappa shape index (κ1) is 15.4. The van der Waals surface area contributed by atoms with E-state index in [4.69, 9.17) is 5.73 Å². The van der Waals surface area contributed by atoms with Crippen LogP contribution in [-0.4, -0.2) is 16.4 Å². The van der Waals surface area contributed by atoms with Crippen molar-refractivity contribution in [2.24, 2.45) is 5.73 Å². The van der Waals surface area contributed by atoms with Crippen molar-refractivity contribution in [1.82, 2.24) is 4.98 Å². The summed E-state index contributed by atoms with van der Waals surface area (Å²) in [5.74, 6) is 0.271. The Morgan fingerprint density at radius 2 is 1.76 bits per heavy atom. The zero-order chi connectivity index (χ0) is 16.0. The van der Waals surface area contributed by atoms with Crippen molar-refractivity contribution in [3.63, 3.8) is 0 Å². The number of aromatic amines is 1. The highest BCUT2D eigenvalue weighted by Crippen LogP contribution is 2.31. The fraction of sp³-hybridized carbons (Fsp3) is 0.471. The lowest BCUT2D eigenvalue weighted by atomic mass is 9.86. The molecule has 0 radical (unpaired) electrons. The zero-order valence-electron chi connectivity index (χ0n) is 13.7. The van der Waals surface area contributed by atoms with E-state index in [0.717, 1.165) is 10.9 Å². The minimum atomic E-state index is -0.420. The predicted octanol–water partition coefficient (Wildman–Crippen LogP) is 3.77. The fourth-order valence-electron chi connectivity index (χ4n) is 2.39. The smallest absolute Gasteiger partial charge is 0.253 e. The Kier molecular flexibility index (Phi) is 3.52. The van der Waals surface area contributed by atoms with Crippen molar-refractivity contribution in [2.75, 3.05) is 5.32 Å². The second-order valence-electron chi connectivity index (χ2n) is 7.62. The van der Waals surface area contributed by atoms with E-state index in [0.29, 0.717) is 11.4 Å². The molecule has 0 unspecified atom stereocenters. The SMILES string of the molecule is CC(C)(C)Nc1[nH]c2cc(C(C)(C)C)ccc2c1C(N)=O. The third kappa shape index (κ3) is 3.20. The van der Waals surface area contributed by atoms with Gasteiger partial charge in [0.1, 0.15) is 5.82 Å². The molecule has 21 heavy (non-hydrogen) atoms. The quantitative estimate of drug-likeness (QED) is 0.786. The topological polar surface area (TPSA) is 70.9 Å². The molecule has 2 rings (SSSR count). The van der Waals surface area contributed by atoms with Crippen LogP contribution in [0.15, 0.2) is 18.2 Å². The minimum absolute atomic E-state index is 0.0593. The van der Waals surface area contributed by atoms with Gasteiger partial charge in [-0.15, -0.1) is 0 Å². The lowest BCUT2D eigenvalue weighted by Crippen LogP contribution is -2.28. The van der Waals surface area contributed by atoms with Crippen LogP contribution in [0.3, 0.4) is 0 Å². The van der Waals surface area contributed by atoms with E-state index in [2.05, 4.69) is 43.2 Å². The largest absolute Gasteiger partial charge is 0.366 e. The van der Waals surface area contributed by atoms with Gasteiger partial charge in [0.05, 0.1) is 5.56 Å². The van der Waals surface area contributed by atoms with Crippen LogP contribution in [0, 0.1) is 0 Å². The van der Waals surface area contributed by atoms with Gasteiger partial charge in [0.2, 0.25) is 0 Å². The number of H-pyrrole nitrogens is 1. The number of carbonyl (C=O) groups excluding carboxylic acids is 1. The van der Waals surface area contributed by atoms with Gasteiger partial charge in [-0.25, -0.2) is 0 Å². The molecule has 114 valence electrons. The zero-order valence-corrected chi connectivity index (χ0v) is 13.7. The van der Waals surface area contributed by atoms with Crippen molar-refractivity contribution >= 4 is 22.6 Å². The summed E-state index contributed by atoms with van der Waals surface area (Å²) >= 11 is 0. The summed E-state index contributed by atoms with van der Waals surface area (Å²) in [7, 11) is 0. The molecule has 1 aromatic heterocycles. The predicted molar refractivity (Wildman–Crippen MR) is 88.9 cm³/mol. The third-order valence-electron chi connectivity index (χ3n) is 3.41. The Balaban J connectivity index is 2.65. The van der Waals surface area contributed by atoms with Gasteiger partial charge in [0.25, 0.3) is 5.91 Å². The van der Waals surface area contributed by atoms with Crippen LogP contribution in [-0.2, 0) is 5.41 Å². The number of aromatic nitrogens is 1. The maximum atomic E-state index is 11.8. The van der Waals surface area contributed by atoms with Crippen molar-refractivity contribution in [3.05, 3.63) is 29.3 Å². The molecule has 0 aliphatic heterocycles. The van der Waals surface area contributed by atoms with Gasteiger partial charge in [-0.2, -0.15) is 0 Å². The summed E-state index contributed by atoms with van der Waals surface area (Å²) < 4.78 is 0. The highest BCUT2D eigenvalue weighted by molar-refractivity contribution is 6.11. The summed E-state index contributed by atoms with van der Waals surface area (Å²) in [6, 6.07) is 6.12. The molecule has 1 amide bonds. The number of primary amides is 1. The molecular formula is C17H25N3O. The molecule has 4 nitrogen and oxygen atoms in total. The van der Waals surface area contributed by atoms with Crippen molar-refractivity contribution in [1.29, 1.82) is 0 Å². The number of rotatable bonds is 2. The summed E-state index contributed by atoms with van der Waals surface area (Å²) in [6.07, 6.45) is 0. The molecule has 0 saturated heterocycles. The number of nitrogens with two attached hydrogens (primary N) is 1. The number of amides is 1. The molecule has 4 N–H and O–H groups in total. The Morgan fingerprint density at radius 1 is 1.14 bits per heavy atom. The Morgan fingerprint density at radius 3 is 2.24 bits per heavy atom. The van der Waals surface area contributed by atoms with Crippen LogP contribution in [0.25, 0.3) is 10.9 Å². The second kappa shape index (κ2) is 4.79. The number of hydrogen-bond acceptors (Lipinski definition) is 2. The molecular weight excluding hydrogens is 262 g/mol. The van der Waals surface area contributed by atoms with Gasteiger partial charge in [0, 0.05) is 16.4 Å². The van der Waals surface area contributed by atoms with Crippen LogP contribution in [0.1, 0.15) is 57.5 Å². The van der Waals surface area contributed by atoms with Gasteiger partial charge < -0.3 is 16.0 Å². The van der Waals surface area contributed by atoms with E-state index in [1.165, 1.54) is 5.56 Å². The number of hydrogen-bond donors (Lipinski definition) is 3. The van der Waals surface area contributed by atoms with E-state index in [1.807, 2.05) is 26.8 Å². The molecule has 2 aromatic rings. The van der Waals surface area contributed by atoms with Crippen LogP contribution in [0.4, 0.5) is 5.82 Å². The molecule has 4 heteroatoms. The normalized spacial score (nSPS) is 12.7. The maximum Gasteiger partial charge on any atom is 0.253 e. The fourth-order valence-corrected chi connectivity index (χ4v) is 2.39. The first-order chi connectivity index (χ1) is 9.49. The Hall–Kier alpha value is -1.97. The standard InChI is InChI=1S/C17H25N3O/c1-16(2,3)10-7-8-11-12(9-10)19-15(13(11)14(18)21)20-17(4,5)6/h7-9,19-20H,1-6H3,(H2,18,21). The molecule has 1 heterocycles. The maximum absolute atomic E-state index is 11.8. The molecule has 0 spiro atoms. The third-order valence-corrected chi connectivity index (χ3v) is 3.41. The van der Waals surface area contributed by atoms with Gasteiger partial charge in [0.15, 0.2) is 0 Å². The van der Waals surface area contributed by atoms with Gasteiger partial charge in [-0.05, 0) is 37.8 Å². The summed E-state index contributed by atoms with van der Waals surface area (Å²) in [5, 5.41) is 4.19. The van der Waals surface area contributed by atoms with E-state index in [-0.39, 0.29) is 11.0 Å². The van der Waals surface area contributed by atoms with Crippen LogP contribution in [0.2, 0.25) is 0 Å². The summed E-state index contributed by atoms with van der Waals surface area (Å²) in [4.78, 5) is 15.1. The van der Waals surface area contributed by atoms with Crippen molar-refractivity contribution in [2.45, 2.75) is 52.5 Å². The number of fused-ring (bicyclic) bond motifs is 1. The van der Waals surface area contributed by atoms with Crippen molar-refractivity contribution in [3.8, 4) is 0 Å². The Labute approximate surface area is 126 Å². The molecule has 1 aromatic carbocycles. The first-order valence-electron chi connectivity index (χ1n) is 7.23. The van der Waals surface area contributed by atoms with E-state index in [9.17, 15) is 4.79 Å². The van der Waals surface area contributed by atoms with Gasteiger partial charge in [-0.1, -0.05) is 32.9 Å². The van der Waals surface area contributed by atoms with Gasteiger partial charge in [-0.3, -0.25) is 4.79 Å². The van der Waals surface area contributed by atoms with Crippen molar-refractivity contribution < 1.29 is 4.79 Å².